The Morgan fingerprint density at radius 1 is 1.12 bits per heavy atom. The van der Waals surface area contributed by atoms with Crippen molar-refractivity contribution in [2.45, 2.75) is 63.0 Å². The number of ether oxygens (including phenoxy) is 1. The summed E-state index contributed by atoms with van der Waals surface area (Å²) in [7, 11) is 3.48. The van der Waals surface area contributed by atoms with Gasteiger partial charge in [0.1, 0.15) is 17.3 Å². The topological polar surface area (TPSA) is 98.5 Å². The summed E-state index contributed by atoms with van der Waals surface area (Å²) < 4.78 is 26.2. The maximum atomic E-state index is 16.0. The van der Waals surface area contributed by atoms with E-state index in [0.29, 0.717) is 59.9 Å². The quantitative estimate of drug-likeness (QED) is 0.139. The zero-order valence-corrected chi connectivity index (χ0v) is 30.4. The summed E-state index contributed by atoms with van der Waals surface area (Å²) >= 11 is 3.45. The Hall–Kier alpha value is -3.93. The minimum Gasteiger partial charge on any atom is -0.493 e. The number of fused-ring (bicyclic) bond motifs is 6. The van der Waals surface area contributed by atoms with Crippen LogP contribution in [-0.4, -0.2) is 49.8 Å². The van der Waals surface area contributed by atoms with Gasteiger partial charge < -0.3 is 19.4 Å². The number of hydrogen-bond donors (Lipinski definition) is 2. The van der Waals surface area contributed by atoms with E-state index >= 15 is 4.39 Å². The van der Waals surface area contributed by atoms with Crippen molar-refractivity contribution in [3.63, 3.8) is 0 Å². The van der Waals surface area contributed by atoms with E-state index in [9.17, 15) is 9.90 Å². The van der Waals surface area contributed by atoms with Crippen molar-refractivity contribution < 1.29 is 19.0 Å². The highest BCUT2D eigenvalue weighted by molar-refractivity contribution is 7.98. The van der Waals surface area contributed by atoms with Crippen LogP contribution in [0.2, 0.25) is 0 Å². The van der Waals surface area contributed by atoms with Crippen molar-refractivity contribution in [3.05, 3.63) is 94.3 Å². The molecule has 2 aromatic heterocycles. The van der Waals surface area contributed by atoms with Gasteiger partial charge in [-0.15, -0.1) is 23.5 Å². The highest BCUT2D eigenvalue weighted by atomic mass is 32.2. The molecule has 5 aromatic rings. The number of carboxylic acids is 1. The van der Waals surface area contributed by atoms with Crippen molar-refractivity contribution in [1.29, 1.82) is 0 Å². The van der Waals surface area contributed by atoms with E-state index in [1.165, 1.54) is 11.8 Å². The number of hydrazine groups is 1. The summed E-state index contributed by atoms with van der Waals surface area (Å²) in [6, 6.07) is 17.9. The Balaban J connectivity index is 1.49. The van der Waals surface area contributed by atoms with E-state index in [2.05, 4.69) is 48.9 Å². The third kappa shape index (κ3) is 7.20. The summed E-state index contributed by atoms with van der Waals surface area (Å²) in [6.45, 7) is 7.60. The molecule has 8 bridgehead atoms. The lowest BCUT2D eigenvalue weighted by atomic mass is 9.96. The fourth-order valence-electron chi connectivity index (χ4n) is 6.84. The largest absolute Gasteiger partial charge is 0.493 e. The number of carboxylic acid groups (broad SMARTS) is 1. The number of thioether (sulfide) groups is 2. The first-order valence-corrected chi connectivity index (χ1v) is 18.9. The molecule has 0 saturated heterocycles. The van der Waals surface area contributed by atoms with Crippen LogP contribution in [0.5, 0.6) is 5.75 Å². The van der Waals surface area contributed by atoms with Crippen LogP contribution in [0.15, 0.2) is 65.2 Å². The van der Waals surface area contributed by atoms with Gasteiger partial charge in [0, 0.05) is 70.5 Å². The van der Waals surface area contributed by atoms with Crippen LogP contribution in [0.25, 0.3) is 27.2 Å². The van der Waals surface area contributed by atoms with E-state index in [0.717, 1.165) is 56.1 Å². The zero-order valence-electron chi connectivity index (χ0n) is 28.8. The summed E-state index contributed by atoms with van der Waals surface area (Å²) in [5.41, 5.74) is 5.50. The van der Waals surface area contributed by atoms with Gasteiger partial charge in [0.15, 0.2) is 0 Å². The molecule has 3 heterocycles. The van der Waals surface area contributed by atoms with Crippen molar-refractivity contribution in [3.8, 4) is 5.75 Å². The number of rotatable bonds is 5. The minimum absolute atomic E-state index is 0.160. The molecule has 0 unspecified atom stereocenters. The first-order valence-electron chi connectivity index (χ1n) is 16.7. The van der Waals surface area contributed by atoms with E-state index in [1.807, 2.05) is 19.1 Å². The molecule has 11 heteroatoms. The van der Waals surface area contributed by atoms with Gasteiger partial charge in [-0.05, 0) is 72.0 Å². The first-order chi connectivity index (χ1) is 23.6. The van der Waals surface area contributed by atoms with Crippen LogP contribution in [0.1, 0.15) is 66.6 Å². The maximum absolute atomic E-state index is 16.0. The lowest BCUT2D eigenvalue weighted by Gasteiger charge is -2.23. The second kappa shape index (κ2) is 14.9. The number of hydrogen-bond acceptors (Lipinski definition) is 7. The number of nitrogens with zero attached hydrogens (tertiary/aromatic N) is 4. The number of benzene rings is 3. The molecule has 0 aliphatic carbocycles. The number of aromatic nitrogens is 3. The smallest absolute Gasteiger partial charge is 0.352 e. The summed E-state index contributed by atoms with van der Waals surface area (Å²) in [4.78, 5) is 13.8. The fourth-order valence-corrected chi connectivity index (χ4v) is 8.81. The minimum atomic E-state index is -1.05. The van der Waals surface area contributed by atoms with Crippen LogP contribution < -0.4 is 10.6 Å². The first kappa shape index (κ1) is 34.9. The third-order valence-electron chi connectivity index (χ3n) is 8.99. The normalized spacial score (nSPS) is 16.2. The Kier molecular flexibility index (Phi) is 10.6. The number of nitrogens with two attached hydrogens (primary N) is 1. The van der Waals surface area contributed by atoms with Crippen LogP contribution in [0, 0.1) is 11.7 Å². The monoisotopic (exact) mass is 701 g/mol. The summed E-state index contributed by atoms with van der Waals surface area (Å²) in [5, 5.41) is 19.8. The lowest BCUT2D eigenvalue weighted by Crippen LogP contribution is -2.28. The molecule has 8 nitrogen and oxygen atoms in total. The van der Waals surface area contributed by atoms with E-state index in [-0.39, 0.29) is 5.69 Å². The number of aromatic carboxylic acids is 1. The second-order valence-electron chi connectivity index (χ2n) is 13.0. The Bertz CT molecular complexity index is 2050. The predicted octanol–water partition coefficient (Wildman–Crippen LogP) is 8.50. The average Bonchev–Trinajstić information content (AvgIpc) is 3.57. The molecule has 0 saturated carbocycles. The molecule has 0 fully saturated rings. The van der Waals surface area contributed by atoms with Gasteiger partial charge in [-0.25, -0.2) is 15.0 Å². The molecule has 3 N–H and O–H groups in total. The molecular weight excluding hydrogens is 658 g/mol. The van der Waals surface area contributed by atoms with E-state index in [1.54, 1.807) is 53.3 Å². The molecule has 1 aliphatic heterocycles. The van der Waals surface area contributed by atoms with Crippen molar-refractivity contribution in [2.24, 2.45) is 18.8 Å². The molecule has 0 atom stereocenters. The van der Waals surface area contributed by atoms with Crippen LogP contribution in [0.4, 0.5) is 4.39 Å². The van der Waals surface area contributed by atoms with Gasteiger partial charge >= 0.3 is 5.97 Å². The third-order valence-corrected chi connectivity index (χ3v) is 11.0. The van der Waals surface area contributed by atoms with Crippen LogP contribution in [0.3, 0.4) is 0 Å². The molecule has 49 heavy (non-hydrogen) atoms. The molecule has 0 spiro atoms. The fraction of sp³-hybridized carbons (Fsp3) is 0.368. The summed E-state index contributed by atoms with van der Waals surface area (Å²) in [5.74, 6) is 8.19. The van der Waals surface area contributed by atoms with Gasteiger partial charge in [-0.1, -0.05) is 45.0 Å². The molecule has 6 rings (SSSR count). The Labute approximate surface area is 295 Å². The SMILES string of the molecule is CC/C1=C(\N(C)N)CSCc2cc(n(CC(C)C)n2)CSc2cc(c3ccccc3c2)OCCCc2c(C(=O)O)n(C)c3c1c(F)ccc23. The molecule has 1 aliphatic rings. The van der Waals surface area contributed by atoms with Crippen LogP contribution >= 0.6 is 23.5 Å². The molecule has 258 valence electrons. The van der Waals surface area contributed by atoms with Gasteiger partial charge in [0.2, 0.25) is 0 Å². The number of aryl methyl sites for hydroxylation is 2. The molecular formula is C38H44FN5O3S2. The standard InChI is InChI=1S/C38H44FN5O3S2/c1-6-28-33(43(5)40)22-48-20-25-17-26(44(41-25)19-23(2)3)21-49-27-16-24-10-7-8-11-29(24)34(18-27)47-15-9-12-30-31-13-14-32(39)35(28)36(31)42(4)37(30)38(45)46/h7-8,10-11,13-14,16-18,23H,6,9,12,15,19-22,40H2,1-5H3,(H,45,46)/b33-28+. The van der Waals surface area contributed by atoms with E-state index in [4.69, 9.17) is 15.7 Å². The van der Waals surface area contributed by atoms with Gasteiger partial charge in [0.05, 0.1) is 17.8 Å². The van der Waals surface area contributed by atoms with Crippen molar-refractivity contribution in [2.75, 3.05) is 19.4 Å². The lowest BCUT2D eigenvalue weighted by molar-refractivity contribution is 0.0685. The molecule has 3 aromatic carbocycles. The number of carbonyl (C=O) groups is 1. The highest BCUT2D eigenvalue weighted by Gasteiger charge is 2.26. The van der Waals surface area contributed by atoms with Crippen molar-refractivity contribution >= 4 is 56.7 Å². The van der Waals surface area contributed by atoms with Crippen LogP contribution in [-0.2, 0) is 31.5 Å². The number of allylic oxidation sites excluding steroid dienone is 1. The van der Waals surface area contributed by atoms with Crippen molar-refractivity contribution in [1.82, 2.24) is 19.4 Å². The molecule has 0 amide bonds. The molecule has 0 radical (unpaired) electrons. The predicted molar refractivity (Wildman–Crippen MR) is 200 cm³/mol. The van der Waals surface area contributed by atoms with E-state index < -0.39 is 11.8 Å². The second-order valence-corrected chi connectivity index (χ2v) is 15.0. The summed E-state index contributed by atoms with van der Waals surface area (Å²) in [6.07, 6.45) is 1.56. The van der Waals surface area contributed by atoms with Gasteiger partial charge in [0.25, 0.3) is 0 Å². The number of halogens is 1. The van der Waals surface area contributed by atoms with Gasteiger partial charge in [-0.2, -0.15) is 5.10 Å². The van der Waals surface area contributed by atoms with Gasteiger partial charge in [-0.3, -0.25) is 4.68 Å². The average molecular weight is 702 g/mol. The maximum Gasteiger partial charge on any atom is 0.352 e. The zero-order chi connectivity index (χ0) is 34.8. The Morgan fingerprint density at radius 3 is 2.65 bits per heavy atom. The Morgan fingerprint density at radius 2 is 1.92 bits per heavy atom. The highest BCUT2D eigenvalue weighted by Crippen LogP contribution is 2.38.